The van der Waals surface area contributed by atoms with Crippen molar-refractivity contribution in [3.8, 4) is 0 Å². The van der Waals surface area contributed by atoms with Crippen LogP contribution in [0.3, 0.4) is 0 Å². The lowest BCUT2D eigenvalue weighted by Crippen LogP contribution is -2.42. The van der Waals surface area contributed by atoms with Gasteiger partial charge in [0.25, 0.3) is 0 Å². The first-order chi connectivity index (χ1) is 15.9. The summed E-state index contributed by atoms with van der Waals surface area (Å²) in [7, 11) is -4.10. The van der Waals surface area contributed by atoms with Gasteiger partial charge in [0.1, 0.15) is 6.54 Å². The summed E-state index contributed by atoms with van der Waals surface area (Å²) in [6, 6.07) is 18.6. The van der Waals surface area contributed by atoms with E-state index in [9.17, 15) is 26.4 Å². The van der Waals surface area contributed by atoms with Crippen LogP contribution >= 0.6 is 11.6 Å². The molecule has 3 rings (SSSR count). The molecule has 180 valence electrons. The molecule has 0 bridgehead atoms. The highest BCUT2D eigenvalue weighted by atomic mass is 35.5. The molecule has 1 N–H and O–H groups in total. The van der Waals surface area contributed by atoms with Crippen LogP contribution in [0.4, 0.5) is 18.9 Å². The lowest BCUT2D eigenvalue weighted by molar-refractivity contribution is -0.137. The molecule has 0 aliphatic carbocycles. The van der Waals surface area contributed by atoms with Crippen molar-refractivity contribution in [2.45, 2.75) is 19.1 Å². The zero-order valence-electron chi connectivity index (χ0n) is 18.3. The van der Waals surface area contributed by atoms with Gasteiger partial charge < -0.3 is 5.32 Å². The van der Waals surface area contributed by atoms with Crippen LogP contribution < -0.4 is 9.62 Å². The normalized spacial score (nSPS) is 12.8. The maximum atomic E-state index is 13.3. The van der Waals surface area contributed by atoms with E-state index in [0.717, 1.165) is 35.1 Å². The highest BCUT2D eigenvalue weighted by Gasteiger charge is 2.34. The molecular weight excluding hydrogens is 489 g/mol. The summed E-state index contributed by atoms with van der Waals surface area (Å²) < 4.78 is 65.3. The van der Waals surface area contributed by atoms with Crippen molar-refractivity contribution in [1.82, 2.24) is 5.32 Å². The molecule has 0 aliphatic heterocycles. The van der Waals surface area contributed by atoms with Gasteiger partial charge >= 0.3 is 6.18 Å². The van der Waals surface area contributed by atoms with E-state index in [2.05, 4.69) is 5.32 Å². The molecule has 34 heavy (non-hydrogen) atoms. The number of benzene rings is 3. The number of carbonyl (C=O) groups is 1. The molecule has 0 fully saturated rings. The summed E-state index contributed by atoms with van der Waals surface area (Å²) >= 11 is 5.66. The maximum Gasteiger partial charge on any atom is 0.417 e. The Morgan fingerprint density at radius 3 is 2.24 bits per heavy atom. The molecule has 3 aromatic carbocycles. The summed E-state index contributed by atoms with van der Waals surface area (Å²) in [6.07, 6.45) is -3.97. The molecule has 0 saturated heterocycles. The quantitative estimate of drug-likeness (QED) is 0.466. The monoisotopic (exact) mass is 510 g/mol. The lowest BCUT2D eigenvalue weighted by Gasteiger charge is -2.25. The molecule has 10 heteroatoms. The van der Waals surface area contributed by atoms with Crippen LogP contribution in [0.25, 0.3) is 0 Å². The number of amides is 1. The second kappa shape index (κ2) is 10.1. The molecule has 3 aromatic rings. The minimum atomic E-state index is -4.79. The van der Waals surface area contributed by atoms with Crippen molar-refractivity contribution in [1.29, 1.82) is 0 Å². The molecule has 1 amide bonds. The Kier molecular flexibility index (Phi) is 7.57. The molecule has 0 heterocycles. The van der Waals surface area contributed by atoms with Crippen LogP contribution in [-0.2, 0) is 21.0 Å². The zero-order chi connectivity index (χ0) is 25.1. The SMILES string of the molecule is Cc1cccc(C(NC(=O)CN(c2ccc(Cl)c(C(F)(F)F)c2)S(C)(=O)=O)c2ccccc2)c1. The number of nitrogens with one attached hydrogen (secondary N) is 1. The molecular formula is C24H22ClF3N2O3S. The minimum Gasteiger partial charge on any atom is -0.344 e. The summed E-state index contributed by atoms with van der Waals surface area (Å²) in [6.45, 7) is 1.18. The second-order valence-electron chi connectivity index (χ2n) is 7.76. The molecule has 1 unspecified atom stereocenters. The Morgan fingerprint density at radius 1 is 1.00 bits per heavy atom. The fourth-order valence-corrected chi connectivity index (χ4v) is 4.55. The van der Waals surface area contributed by atoms with Crippen molar-refractivity contribution >= 4 is 33.2 Å². The third-order valence-corrected chi connectivity index (χ3v) is 6.51. The third-order valence-electron chi connectivity index (χ3n) is 5.04. The van der Waals surface area contributed by atoms with Gasteiger partial charge in [-0.3, -0.25) is 9.10 Å². The summed E-state index contributed by atoms with van der Waals surface area (Å²) in [5.41, 5.74) is 0.990. The zero-order valence-corrected chi connectivity index (χ0v) is 19.9. The van der Waals surface area contributed by atoms with Crippen molar-refractivity contribution in [3.05, 3.63) is 100 Å². The molecule has 0 saturated carbocycles. The van der Waals surface area contributed by atoms with E-state index in [-0.39, 0.29) is 5.69 Å². The number of hydrogen-bond acceptors (Lipinski definition) is 3. The van der Waals surface area contributed by atoms with E-state index in [1.807, 2.05) is 49.4 Å². The maximum absolute atomic E-state index is 13.3. The average molecular weight is 511 g/mol. The highest BCUT2D eigenvalue weighted by Crippen LogP contribution is 2.37. The van der Waals surface area contributed by atoms with Gasteiger partial charge in [0.2, 0.25) is 15.9 Å². The number of aryl methyl sites for hydroxylation is 1. The number of anilines is 1. The average Bonchev–Trinajstić information content (AvgIpc) is 2.75. The largest absolute Gasteiger partial charge is 0.417 e. The highest BCUT2D eigenvalue weighted by molar-refractivity contribution is 7.92. The number of carbonyl (C=O) groups excluding carboxylic acids is 1. The van der Waals surface area contributed by atoms with Crippen molar-refractivity contribution in [2.24, 2.45) is 0 Å². The Bertz CT molecular complexity index is 1280. The number of hydrogen-bond donors (Lipinski definition) is 1. The fraction of sp³-hybridized carbons (Fsp3) is 0.208. The van der Waals surface area contributed by atoms with E-state index in [0.29, 0.717) is 10.4 Å². The number of nitrogens with zero attached hydrogens (tertiary/aromatic N) is 1. The second-order valence-corrected chi connectivity index (χ2v) is 10.1. The predicted molar refractivity (Wildman–Crippen MR) is 126 cm³/mol. The van der Waals surface area contributed by atoms with Gasteiger partial charge in [-0.1, -0.05) is 71.8 Å². The summed E-state index contributed by atoms with van der Waals surface area (Å²) in [5.74, 6) is -0.690. The Hall–Kier alpha value is -3.04. The van der Waals surface area contributed by atoms with Crippen LogP contribution in [-0.4, -0.2) is 27.1 Å². The molecule has 1 atom stereocenters. The van der Waals surface area contributed by atoms with Gasteiger partial charge in [-0.2, -0.15) is 13.2 Å². The Balaban J connectivity index is 1.94. The van der Waals surface area contributed by atoms with Crippen LogP contribution in [0.2, 0.25) is 5.02 Å². The number of alkyl halides is 3. The van der Waals surface area contributed by atoms with Gasteiger partial charge in [-0.25, -0.2) is 8.42 Å². The van der Waals surface area contributed by atoms with Crippen LogP contribution in [0, 0.1) is 6.92 Å². The Labute approximate surface area is 201 Å². The van der Waals surface area contributed by atoms with Gasteiger partial charge in [-0.05, 0) is 36.2 Å². The topological polar surface area (TPSA) is 66.5 Å². The van der Waals surface area contributed by atoms with E-state index in [4.69, 9.17) is 11.6 Å². The standard InChI is InChI=1S/C24H22ClF3N2O3S/c1-16-7-6-10-18(13-16)23(17-8-4-3-5-9-17)29-22(31)15-30(34(2,32)33)19-11-12-21(25)20(14-19)24(26,27)28/h3-14,23H,15H2,1-2H3,(H,29,31). The number of rotatable bonds is 7. The molecule has 0 radical (unpaired) electrons. The van der Waals surface area contributed by atoms with Crippen LogP contribution in [0.5, 0.6) is 0 Å². The first-order valence-electron chi connectivity index (χ1n) is 10.1. The van der Waals surface area contributed by atoms with E-state index < -0.39 is 45.3 Å². The van der Waals surface area contributed by atoms with Gasteiger partial charge in [0.05, 0.1) is 28.6 Å². The van der Waals surface area contributed by atoms with E-state index in [1.54, 1.807) is 12.1 Å². The summed E-state index contributed by atoms with van der Waals surface area (Å²) in [5, 5.41) is 2.24. The van der Waals surface area contributed by atoms with Gasteiger partial charge in [-0.15, -0.1) is 0 Å². The molecule has 0 aromatic heterocycles. The van der Waals surface area contributed by atoms with E-state index >= 15 is 0 Å². The van der Waals surface area contributed by atoms with Crippen LogP contribution in [0.1, 0.15) is 28.3 Å². The van der Waals surface area contributed by atoms with Crippen LogP contribution in [0.15, 0.2) is 72.8 Å². The first kappa shape index (κ1) is 25.6. The minimum absolute atomic E-state index is 0.318. The lowest BCUT2D eigenvalue weighted by atomic mass is 9.97. The van der Waals surface area contributed by atoms with Crippen molar-refractivity contribution in [2.75, 3.05) is 17.1 Å². The Morgan fingerprint density at radius 2 is 1.65 bits per heavy atom. The predicted octanol–water partition coefficient (Wildman–Crippen LogP) is 5.34. The third kappa shape index (κ3) is 6.30. The smallest absolute Gasteiger partial charge is 0.344 e. The molecule has 5 nitrogen and oxygen atoms in total. The number of halogens is 4. The number of sulfonamides is 1. The first-order valence-corrected chi connectivity index (χ1v) is 12.3. The molecule has 0 aliphatic rings. The van der Waals surface area contributed by atoms with Crippen molar-refractivity contribution < 1.29 is 26.4 Å². The van der Waals surface area contributed by atoms with Crippen molar-refractivity contribution in [3.63, 3.8) is 0 Å². The summed E-state index contributed by atoms with van der Waals surface area (Å²) in [4.78, 5) is 13.0. The van der Waals surface area contributed by atoms with E-state index in [1.165, 1.54) is 0 Å². The molecule has 0 spiro atoms. The fourth-order valence-electron chi connectivity index (χ4n) is 3.48. The van der Waals surface area contributed by atoms with Gasteiger partial charge in [0.15, 0.2) is 0 Å². The van der Waals surface area contributed by atoms with Gasteiger partial charge in [0, 0.05) is 0 Å².